The molecule has 4 unspecified atom stereocenters. The summed E-state index contributed by atoms with van der Waals surface area (Å²) in [5, 5.41) is 0. The highest BCUT2D eigenvalue weighted by molar-refractivity contribution is 9.10. The summed E-state index contributed by atoms with van der Waals surface area (Å²) in [5.74, 6) is 1.54. The first-order valence-corrected chi connectivity index (χ1v) is 4.81. The van der Waals surface area contributed by atoms with Gasteiger partial charge in [-0.2, -0.15) is 0 Å². The normalized spacial score (nSPS) is 53.5. The van der Waals surface area contributed by atoms with E-state index in [1.807, 2.05) is 0 Å². The number of halogens is 1. The van der Waals surface area contributed by atoms with Gasteiger partial charge in [0.2, 0.25) is 0 Å². The molecule has 2 heteroatoms. The zero-order chi connectivity index (χ0) is 8.06. The van der Waals surface area contributed by atoms with Crippen LogP contribution in [0.3, 0.4) is 0 Å². The molecule has 2 bridgehead atoms. The van der Waals surface area contributed by atoms with Gasteiger partial charge >= 0.3 is 0 Å². The van der Waals surface area contributed by atoms with Crippen molar-refractivity contribution in [1.82, 2.24) is 0 Å². The van der Waals surface area contributed by atoms with Gasteiger partial charge in [0.05, 0.1) is 4.32 Å². The second-order valence-corrected chi connectivity index (χ2v) is 5.00. The molecule has 4 atom stereocenters. The van der Waals surface area contributed by atoms with E-state index in [9.17, 15) is 4.79 Å². The van der Waals surface area contributed by atoms with E-state index in [2.05, 4.69) is 35.0 Å². The fraction of sp³-hybridized carbons (Fsp3) is 0.667. The van der Waals surface area contributed by atoms with Crippen LogP contribution in [0.4, 0.5) is 0 Å². The van der Waals surface area contributed by atoms with E-state index >= 15 is 0 Å². The van der Waals surface area contributed by atoms with E-state index in [0.29, 0.717) is 17.8 Å². The number of aldehydes is 1. The predicted octanol–water partition coefficient (Wildman–Crippen LogP) is 2.16. The summed E-state index contributed by atoms with van der Waals surface area (Å²) in [6.45, 7) is 2.15. The molecule has 0 N–H and O–H groups in total. The van der Waals surface area contributed by atoms with Crippen molar-refractivity contribution < 1.29 is 4.79 Å². The van der Waals surface area contributed by atoms with Gasteiger partial charge in [0.25, 0.3) is 0 Å². The lowest BCUT2D eigenvalue weighted by atomic mass is 9.85. The zero-order valence-electron chi connectivity index (χ0n) is 6.46. The van der Waals surface area contributed by atoms with Crippen LogP contribution in [0.1, 0.15) is 13.3 Å². The molecule has 2 aliphatic carbocycles. The molecular formula is C9H11BrO. The largest absolute Gasteiger partial charge is 0.302 e. The number of carbonyl (C=O) groups excluding carboxylic acids is 1. The van der Waals surface area contributed by atoms with Crippen molar-refractivity contribution in [3.63, 3.8) is 0 Å². The van der Waals surface area contributed by atoms with Gasteiger partial charge in [-0.25, -0.2) is 0 Å². The average molecular weight is 215 g/mol. The van der Waals surface area contributed by atoms with Crippen molar-refractivity contribution in [3.05, 3.63) is 12.2 Å². The highest BCUT2D eigenvalue weighted by Crippen LogP contribution is 2.53. The SMILES string of the molecule is CC1C2C=CC(C2)C1(Br)C=O. The van der Waals surface area contributed by atoms with Gasteiger partial charge in [-0.15, -0.1) is 0 Å². The summed E-state index contributed by atoms with van der Waals surface area (Å²) >= 11 is 3.55. The zero-order valence-corrected chi connectivity index (χ0v) is 8.04. The monoisotopic (exact) mass is 214 g/mol. The minimum atomic E-state index is -0.244. The molecule has 1 saturated carbocycles. The first-order valence-electron chi connectivity index (χ1n) is 4.02. The number of alkyl halides is 1. The van der Waals surface area contributed by atoms with Gasteiger partial charge < -0.3 is 4.79 Å². The number of fused-ring (bicyclic) bond motifs is 2. The van der Waals surface area contributed by atoms with Crippen LogP contribution >= 0.6 is 15.9 Å². The third kappa shape index (κ3) is 0.792. The highest BCUT2D eigenvalue weighted by Gasteiger charge is 2.52. The molecule has 0 aromatic heterocycles. The van der Waals surface area contributed by atoms with Crippen LogP contribution in [0.25, 0.3) is 0 Å². The van der Waals surface area contributed by atoms with Gasteiger partial charge in [0.15, 0.2) is 0 Å². The van der Waals surface area contributed by atoms with Crippen LogP contribution in [-0.4, -0.2) is 10.6 Å². The lowest BCUT2D eigenvalue weighted by Crippen LogP contribution is -2.35. The van der Waals surface area contributed by atoms with Crippen LogP contribution in [0.5, 0.6) is 0 Å². The molecule has 0 saturated heterocycles. The van der Waals surface area contributed by atoms with Crippen molar-refractivity contribution in [1.29, 1.82) is 0 Å². The van der Waals surface area contributed by atoms with Crippen LogP contribution < -0.4 is 0 Å². The predicted molar refractivity (Wildman–Crippen MR) is 47.6 cm³/mol. The first kappa shape index (κ1) is 7.53. The smallest absolute Gasteiger partial charge is 0.137 e. The summed E-state index contributed by atoms with van der Waals surface area (Å²) in [4.78, 5) is 10.8. The Bertz CT molecular complexity index is 224. The van der Waals surface area contributed by atoms with E-state index in [1.54, 1.807) is 0 Å². The fourth-order valence-corrected chi connectivity index (χ4v) is 2.97. The van der Waals surface area contributed by atoms with Gasteiger partial charge in [0, 0.05) is 0 Å². The van der Waals surface area contributed by atoms with Crippen LogP contribution in [0.15, 0.2) is 12.2 Å². The first-order chi connectivity index (χ1) is 5.18. The second kappa shape index (κ2) is 2.19. The quantitative estimate of drug-likeness (QED) is 0.372. The Morgan fingerprint density at radius 3 is 2.73 bits per heavy atom. The second-order valence-electron chi connectivity index (χ2n) is 3.62. The van der Waals surface area contributed by atoms with Gasteiger partial charge in [-0.05, 0) is 24.2 Å². The Hall–Kier alpha value is -0.110. The molecule has 1 fully saturated rings. The number of hydrogen-bond acceptors (Lipinski definition) is 1. The highest BCUT2D eigenvalue weighted by atomic mass is 79.9. The summed E-state index contributed by atoms with van der Waals surface area (Å²) in [7, 11) is 0. The molecule has 0 aliphatic heterocycles. The summed E-state index contributed by atoms with van der Waals surface area (Å²) < 4.78 is -0.244. The van der Waals surface area contributed by atoms with Gasteiger partial charge in [-0.1, -0.05) is 35.0 Å². The average Bonchev–Trinajstić information content (AvgIpc) is 2.56. The Kier molecular flexibility index (Phi) is 1.50. The third-order valence-electron chi connectivity index (χ3n) is 3.21. The Labute approximate surface area is 75.0 Å². The van der Waals surface area contributed by atoms with Gasteiger partial charge in [-0.3, -0.25) is 0 Å². The number of carbonyl (C=O) groups is 1. The summed E-state index contributed by atoms with van der Waals surface area (Å²) in [5.41, 5.74) is 0. The molecule has 2 rings (SSSR count). The van der Waals surface area contributed by atoms with Crippen molar-refractivity contribution in [3.8, 4) is 0 Å². The van der Waals surface area contributed by atoms with Crippen molar-refractivity contribution in [2.45, 2.75) is 17.7 Å². The minimum absolute atomic E-state index is 0.244. The summed E-state index contributed by atoms with van der Waals surface area (Å²) in [6, 6.07) is 0. The molecule has 11 heavy (non-hydrogen) atoms. The molecule has 0 radical (unpaired) electrons. The van der Waals surface area contributed by atoms with E-state index in [1.165, 1.54) is 0 Å². The number of hydrogen-bond donors (Lipinski definition) is 0. The Balaban J connectivity index is 2.38. The third-order valence-corrected chi connectivity index (χ3v) is 4.70. The lowest BCUT2D eigenvalue weighted by Gasteiger charge is -2.28. The number of rotatable bonds is 1. The molecule has 60 valence electrons. The molecule has 2 aliphatic rings. The maximum Gasteiger partial charge on any atom is 0.137 e. The van der Waals surface area contributed by atoms with Crippen molar-refractivity contribution in [2.24, 2.45) is 17.8 Å². The van der Waals surface area contributed by atoms with Gasteiger partial charge in [0.1, 0.15) is 6.29 Å². The fourth-order valence-electron chi connectivity index (χ4n) is 2.29. The molecule has 0 amide bonds. The molecule has 0 spiro atoms. The van der Waals surface area contributed by atoms with E-state index in [-0.39, 0.29) is 4.32 Å². The Morgan fingerprint density at radius 1 is 1.64 bits per heavy atom. The molecule has 0 aromatic carbocycles. The molecular weight excluding hydrogens is 204 g/mol. The topological polar surface area (TPSA) is 17.1 Å². The van der Waals surface area contributed by atoms with Crippen molar-refractivity contribution >= 4 is 22.2 Å². The number of allylic oxidation sites excluding steroid dienone is 2. The molecule has 0 heterocycles. The van der Waals surface area contributed by atoms with E-state index in [0.717, 1.165) is 12.7 Å². The molecule has 1 nitrogen and oxygen atoms in total. The van der Waals surface area contributed by atoms with Crippen LogP contribution in [0.2, 0.25) is 0 Å². The minimum Gasteiger partial charge on any atom is -0.302 e. The van der Waals surface area contributed by atoms with Crippen LogP contribution in [0, 0.1) is 17.8 Å². The maximum absolute atomic E-state index is 10.8. The van der Waals surface area contributed by atoms with Crippen LogP contribution in [-0.2, 0) is 4.79 Å². The lowest BCUT2D eigenvalue weighted by molar-refractivity contribution is -0.111. The maximum atomic E-state index is 10.8. The Morgan fingerprint density at radius 2 is 2.36 bits per heavy atom. The summed E-state index contributed by atoms with van der Waals surface area (Å²) in [6.07, 6.45) is 6.66. The molecule has 0 aromatic rings. The van der Waals surface area contributed by atoms with E-state index < -0.39 is 0 Å². The standard InChI is InChI=1S/C9H11BrO/c1-6-7-2-3-8(4-7)9(6,10)5-11/h2-3,5-8H,4H2,1H3. The van der Waals surface area contributed by atoms with E-state index in [4.69, 9.17) is 0 Å². The van der Waals surface area contributed by atoms with Crippen molar-refractivity contribution in [2.75, 3.05) is 0 Å².